The van der Waals surface area contributed by atoms with Crippen molar-refractivity contribution in [2.75, 3.05) is 33.3 Å². The lowest BCUT2D eigenvalue weighted by atomic mass is 10.1. The fraction of sp³-hybridized carbons (Fsp3) is 0.318. The summed E-state index contributed by atoms with van der Waals surface area (Å²) < 4.78 is 6.18. The summed E-state index contributed by atoms with van der Waals surface area (Å²) in [6.07, 6.45) is 1.72. The molecule has 4 rings (SSSR count). The zero-order valence-electron chi connectivity index (χ0n) is 15.9. The molecular formula is C22H24BrN3O2. The highest BCUT2D eigenvalue weighted by Gasteiger charge is 2.20. The second-order valence-corrected chi connectivity index (χ2v) is 7.98. The molecule has 0 atom stereocenters. The molecule has 0 radical (unpaired) electrons. The van der Waals surface area contributed by atoms with E-state index in [1.807, 2.05) is 30.3 Å². The molecule has 5 nitrogen and oxygen atoms in total. The number of ether oxygens (including phenoxy) is 1. The van der Waals surface area contributed by atoms with Gasteiger partial charge in [0.25, 0.3) is 0 Å². The lowest BCUT2D eigenvalue weighted by molar-refractivity contribution is 0.121. The van der Waals surface area contributed by atoms with Crippen LogP contribution in [0.15, 0.2) is 53.1 Å². The van der Waals surface area contributed by atoms with Crippen molar-refractivity contribution in [3.63, 3.8) is 0 Å². The molecule has 1 aliphatic heterocycles. The number of phenols is 1. The Kier molecular flexibility index (Phi) is 5.80. The van der Waals surface area contributed by atoms with Crippen LogP contribution < -0.4 is 4.74 Å². The zero-order chi connectivity index (χ0) is 19.5. The molecule has 1 N–H and O–H groups in total. The highest BCUT2D eigenvalue weighted by atomic mass is 79.9. The molecule has 1 aromatic heterocycles. The van der Waals surface area contributed by atoms with Gasteiger partial charge in [-0.3, -0.25) is 14.8 Å². The Morgan fingerprint density at radius 2 is 1.68 bits per heavy atom. The number of phenolic OH excluding ortho intramolecular Hbond substituents is 1. The van der Waals surface area contributed by atoms with Gasteiger partial charge in [0.1, 0.15) is 11.3 Å². The van der Waals surface area contributed by atoms with Crippen molar-refractivity contribution >= 4 is 26.8 Å². The van der Waals surface area contributed by atoms with Crippen LogP contribution in [-0.4, -0.2) is 53.2 Å². The number of para-hydroxylation sites is 1. The average molecular weight is 442 g/mol. The number of aromatic hydroxyl groups is 1. The Morgan fingerprint density at radius 1 is 1.00 bits per heavy atom. The van der Waals surface area contributed by atoms with Crippen LogP contribution in [-0.2, 0) is 13.1 Å². The summed E-state index contributed by atoms with van der Waals surface area (Å²) in [5.74, 6) is 1.17. The highest BCUT2D eigenvalue weighted by Crippen LogP contribution is 2.34. The van der Waals surface area contributed by atoms with E-state index in [4.69, 9.17) is 4.74 Å². The Labute approximate surface area is 173 Å². The van der Waals surface area contributed by atoms with E-state index >= 15 is 0 Å². The van der Waals surface area contributed by atoms with E-state index in [9.17, 15) is 5.11 Å². The van der Waals surface area contributed by atoms with Crippen LogP contribution in [0.2, 0.25) is 0 Å². The minimum atomic E-state index is 0.209. The molecule has 0 aliphatic carbocycles. The maximum Gasteiger partial charge on any atom is 0.156 e. The number of rotatable bonds is 5. The molecule has 1 fully saturated rings. The molecule has 2 heterocycles. The van der Waals surface area contributed by atoms with Crippen molar-refractivity contribution in [2.45, 2.75) is 13.1 Å². The second-order valence-electron chi connectivity index (χ2n) is 7.13. The number of halogens is 1. The first-order valence-corrected chi connectivity index (χ1v) is 10.3. The normalized spacial score (nSPS) is 15.8. The van der Waals surface area contributed by atoms with Crippen LogP contribution in [0.4, 0.5) is 0 Å². The number of hydrogen-bond acceptors (Lipinski definition) is 5. The average Bonchev–Trinajstić information content (AvgIpc) is 2.73. The highest BCUT2D eigenvalue weighted by molar-refractivity contribution is 9.10. The molecular weight excluding hydrogens is 418 g/mol. The lowest BCUT2D eigenvalue weighted by Gasteiger charge is -2.35. The largest absolute Gasteiger partial charge is 0.505 e. The fourth-order valence-corrected chi connectivity index (χ4v) is 4.28. The molecule has 0 saturated carbocycles. The van der Waals surface area contributed by atoms with Crippen LogP contribution >= 0.6 is 15.9 Å². The van der Waals surface area contributed by atoms with E-state index in [0.717, 1.165) is 50.4 Å². The standard InChI is InChI=1S/C22H24BrN3O2/c1-28-20-7-3-2-5-16(20)14-25-9-11-26(12-10-25)15-17-13-19(23)22(27)21-18(17)6-4-8-24-21/h2-8,13,27H,9-12,14-15H2,1H3. The molecule has 1 saturated heterocycles. The topological polar surface area (TPSA) is 48.8 Å². The third-order valence-electron chi connectivity index (χ3n) is 5.35. The molecule has 146 valence electrons. The summed E-state index contributed by atoms with van der Waals surface area (Å²) in [6.45, 7) is 5.82. The summed E-state index contributed by atoms with van der Waals surface area (Å²) >= 11 is 3.46. The predicted molar refractivity (Wildman–Crippen MR) is 115 cm³/mol. The first kappa shape index (κ1) is 19.2. The minimum Gasteiger partial charge on any atom is -0.505 e. The van der Waals surface area contributed by atoms with Crippen LogP contribution in [0.3, 0.4) is 0 Å². The van der Waals surface area contributed by atoms with E-state index < -0.39 is 0 Å². The number of benzene rings is 2. The first-order valence-electron chi connectivity index (χ1n) is 9.47. The predicted octanol–water partition coefficient (Wildman–Crippen LogP) is 4.03. The van der Waals surface area contributed by atoms with Crippen molar-refractivity contribution in [3.05, 3.63) is 64.3 Å². The first-order chi connectivity index (χ1) is 13.7. The van der Waals surface area contributed by atoms with Gasteiger partial charge in [-0.05, 0) is 39.7 Å². The fourth-order valence-electron chi connectivity index (χ4n) is 3.82. The number of fused-ring (bicyclic) bond motifs is 1. The van der Waals surface area contributed by atoms with E-state index in [1.165, 1.54) is 11.1 Å². The number of methoxy groups -OCH3 is 1. The summed E-state index contributed by atoms with van der Waals surface area (Å²) in [5, 5.41) is 11.3. The maximum atomic E-state index is 10.3. The van der Waals surface area contributed by atoms with Gasteiger partial charge < -0.3 is 9.84 Å². The molecule has 0 unspecified atom stereocenters. The zero-order valence-corrected chi connectivity index (χ0v) is 17.5. The Bertz CT molecular complexity index is 971. The molecule has 1 aliphatic rings. The third-order valence-corrected chi connectivity index (χ3v) is 5.95. The summed E-state index contributed by atoms with van der Waals surface area (Å²) in [5.41, 5.74) is 3.07. The van der Waals surface area contributed by atoms with E-state index in [0.29, 0.717) is 9.99 Å². The van der Waals surface area contributed by atoms with Gasteiger partial charge in [-0.1, -0.05) is 24.3 Å². The smallest absolute Gasteiger partial charge is 0.156 e. The summed E-state index contributed by atoms with van der Waals surface area (Å²) in [6, 6.07) is 14.2. The number of aromatic nitrogens is 1. The number of piperazine rings is 1. The van der Waals surface area contributed by atoms with Gasteiger partial charge in [0.05, 0.1) is 11.6 Å². The molecule has 0 amide bonds. The molecule has 0 bridgehead atoms. The van der Waals surface area contributed by atoms with E-state index in [1.54, 1.807) is 13.3 Å². The Balaban J connectivity index is 1.43. The molecule has 2 aromatic carbocycles. The Hall–Kier alpha value is -2.15. The van der Waals surface area contributed by atoms with Crippen molar-refractivity contribution in [1.29, 1.82) is 0 Å². The van der Waals surface area contributed by atoms with Gasteiger partial charge in [-0.25, -0.2) is 0 Å². The van der Waals surface area contributed by atoms with Crippen molar-refractivity contribution < 1.29 is 9.84 Å². The van der Waals surface area contributed by atoms with Gasteiger partial charge >= 0.3 is 0 Å². The Morgan fingerprint density at radius 3 is 2.39 bits per heavy atom. The SMILES string of the molecule is COc1ccccc1CN1CCN(Cc2cc(Br)c(O)c3ncccc23)CC1. The van der Waals surface area contributed by atoms with Crippen molar-refractivity contribution in [3.8, 4) is 11.5 Å². The number of hydrogen-bond donors (Lipinski definition) is 1. The molecule has 6 heteroatoms. The monoisotopic (exact) mass is 441 g/mol. The van der Waals surface area contributed by atoms with E-state index in [-0.39, 0.29) is 5.75 Å². The van der Waals surface area contributed by atoms with Crippen LogP contribution in [0.5, 0.6) is 11.5 Å². The molecule has 0 spiro atoms. The van der Waals surface area contributed by atoms with Crippen molar-refractivity contribution in [1.82, 2.24) is 14.8 Å². The van der Waals surface area contributed by atoms with Crippen LogP contribution in [0.1, 0.15) is 11.1 Å². The lowest BCUT2D eigenvalue weighted by Crippen LogP contribution is -2.45. The van der Waals surface area contributed by atoms with Crippen LogP contribution in [0, 0.1) is 0 Å². The molecule has 3 aromatic rings. The number of pyridine rings is 1. The van der Waals surface area contributed by atoms with E-state index in [2.05, 4.69) is 42.8 Å². The second kappa shape index (κ2) is 8.47. The minimum absolute atomic E-state index is 0.209. The third kappa shape index (κ3) is 3.99. The van der Waals surface area contributed by atoms with Gasteiger partial charge in [-0.2, -0.15) is 0 Å². The van der Waals surface area contributed by atoms with Crippen molar-refractivity contribution in [2.24, 2.45) is 0 Å². The summed E-state index contributed by atoms with van der Waals surface area (Å²) in [7, 11) is 1.73. The van der Waals surface area contributed by atoms with Gasteiger partial charge in [0.2, 0.25) is 0 Å². The van der Waals surface area contributed by atoms with Crippen LogP contribution in [0.25, 0.3) is 10.9 Å². The summed E-state index contributed by atoms with van der Waals surface area (Å²) in [4.78, 5) is 9.29. The quantitative estimate of drug-likeness (QED) is 0.647. The number of nitrogens with zero attached hydrogens (tertiary/aromatic N) is 3. The van der Waals surface area contributed by atoms with Gasteiger partial charge in [-0.15, -0.1) is 0 Å². The van der Waals surface area contributed by atoms with Gasteiger partial charge in [0, 0.05) is 56.4 Å². The maximum absolute atomic E-state index is 10.3. The molecule has 28 heavy (non-hydrogen) atoms. The van der Waals surface area contributed by atoms with Gasteiger partial charge in [0.15, 0.2) is 5.75 Å².